The van der Waals surface area contributed by atoms with Gasteiger partial charge in [-0.2, -0.15) is 0 Å². The van der Waals surface area contributed by atoms with E-state index in [2.05, 4.69) is 5.32 Å². The Labute approximate surface area is 116 Å². The van der Waals surface area contributed by atoms with Crippen molar-refractivity contribution in [3.8, 4) is 0 Å². The Kier molecular flexibility index (Phi) is 4.55. The van der Waals surface area contributed by atoms with Crippen LogP contribution >= 0.6 is 11.3 Å². The number of carbonyl (C=O) groups excluding carboxylic acids is 1. The molecule has 0 radical (unpaired) electrons. The molecular formula is C13H18N2O3S. The number of carbonyl (C=O) groups is 2. The summed E-state index contributed by atoms with van der Waals surface area (Å²) >= 11 is 1.62. The lowest BCUT2D eigenvalue weighted by atomic mass is 10.2. The molecule has 0 aliphatic carbocycles. The van der Waals surface area contributed by atoms with Crippen LogP contribution in [0.25, 0.3) is 0 Å². The van der Waals surface area contributed by atoms with Crippen molar-refractivity contribution in [2.75, 3.05) is 13.1 Å². The van der Waals surface area contributed by atoms with Crippen molar-refractivity contribution >= 4 is 23.2 Å². The second-order valence-corrected chi connectivity index (χ2v) is 5.77. The van der Waals surface area contributed by atoms with Crippen molar-refractivity contribution in [3.63, 3.8) is 0 Å². The number of hydrogen-bond donors (Lipinski definition) is 2. The summed E-state index contributed by atoms with van der Waals surface area (Å²) in [5, 5.41) is 13.9. The molecule has 1 aliphatic heterocycles. The van der Waals surface area contributed by atoms with Gasteiger partial charge in [0.2, 0.25) is 5.91 Å². The molecule has 2 heterocycles. The second-order valence-electron chi connectivity index (χ2n) is 4.77. The molecular weight excluding hydrogens is 264 g/mol. The van der Waals surface area contributed by atoms with Crippen LogP contribution in [0.15, 0.2) is 11.4 Å². The van der Waals surface area contributed by atoms with Gasteiger partial charge in [-0.3, -0.25) is 14.5 Å². The zero-order valence-corrected chi connectivity index (χ0v) is 11.7. The number of thiophene rings is 1. The molecule has 1 aliphatic rings. The summed E-state index contributed by atoms with van der Waals surface area (Å²) < 4.78 is 0. The fourth-order valence-corrected chi connectivity index (χ4v) is 3.15. The Bertz CT molecular complexity index is 472. The minimum absolute atomic E-state index is 0.110. The quantitative estimate of drug-likeness (QED) is 0.852. The number of hydrogen-bond acceptors (Lipinski definition) is 4. The molecule has 1 atom stereocenters. The molecule has 0 bridgehead atoms. The molecule has 1 amide bonds. The van der Waals surface area contributed by atoms with E-state index in [4.69, 9.17) is 5.11 Å². The van der Waals surface area contributed by atoms with Crippen LogP contribution in [-0.4, -0.2) is 41.0 Å². The first-order valence-electron chi connectivity index (χ1n) is 6.34. The Morgan fingerprint density at radius 2 is 2.37 bits per heavy atom. The van der Waals surface area contributed by atoms with E-state index in [9.17, 15) is 9.59 Å². The molecule has 5 nitrogen and oxygen atoms in total. The molecule has 0 unspecified atom stereocenters. The summed E-state index contributed by atoms with van der Waals surface area (Å²) in [6.07, 6.45) is 1.47. The average molecular weight is 282 g/mol. The Morgan fingerprint density at radius 3 is 3.00 bits per heavy atom. The highest BCUT2D eigenvalue weighted by Gasteiger charge is 2.31. The zero-order chi connectivity index (χ0) is 13.8. The van der Waals surface area contributed by atoms with Crippen molar-refractivity contribution in [1.82, 2.24) is 10.2 Å². The molecule has 0 saturated carbocycles. The van der Waals surface area contributed by atoms with Gasteiger partial charge in [-0.15, -0.1) is 11.3 Å². The number of nitrogens with zero attached hydrogens (tertiary/aromatic N) is 1. The van der Waals surface area contributed by atoms with Gasteiger partial charge in [-0.25, -0.2) is 0 Å². The van der Waals surface area contributed by atoms with Crippen LogP contribution in [0.5, 0.6) is 0 Å². The SMILES string of the molecule is Cc1ccsc1CNC(=O)CN1CCC[C@@H]1C(=O)O. The molecule has 19 heavy (non-hydrogen) atoms. The van der Waals surface area contributed by atoms with Crippen LogP contribution in [0.1, 0.15) is 23.3 Å². The third-order valence-electron chi connectivity index (χ3n) is 3.41. The van der Waals surface area contributed by atoms with E-state index in [1.807, 2.05) is 18.4 Å². The predicted octanol–water partition coefficient (Wildman–Crippen LogP) is 1.22. The third-order valence-corrected chi connectivity index (χ3v) is 4.43. The van der Waals surface area contributed by atoms with Crippen LogP contribution in [0.3, 0.4) is 0 Å². The normalized spacial score (nSPS) is 19.5. The van der Waals surface area contributed by atoms with Crippen molar-refractivity contribution in [2.45, 2.75) is 32.4 Å². The van der Waals surface area contributed by atoms with Gasteiger partial charge in [-0.1, -0.05) is 0 Å². The summed E-state index contributed by atoms with van der Waals surface area (Å²) in [5.41, 5.74) is 1.18. The summed E-state index contributed by atoms with van der Waals surface area (Å²) in [5.74, 6) is -0.944. The molecule has 104 valence electrons. The number of aliphatic carboxylic acids is 1. The maximum Gasteiger partial charge on any atom is 0.320 e. The highest BCUT2D eigenvalue weighted by molar-refractivity contribution is 7.10. The van der Waals surface area contributed by atoms with Gasteiger partial charge >= 0.3 is 5.97 Å². The lowest BCUT2D eigenvalue weighted by Gasteiger charge is -2.20. The van der Waals surface area contributed by atoms with Gasteiger partial charge in [0.15, 0.2) is 0 Å². The van der Waals surface area contributed by atoms with Crippen molar-refractivity contribution in [1.29, 1.82) is 0 Å². The fourth-order valence-electron chi connectivity index (χ4n) is 2.30. The van der Waals surface area contributed by atoms with E-state index in [0.717, 1.165) is 11.3 Å². The molecule has 6 heteroatoms. The first kappa shape index (κ1) is 14.0. The van der Waals surface area contributed by atoms with E-state index in [-0.39, 0.29) is 12.5 Å². The maximum absolute atomic E-state index is 11.8. The predicted molar refractivity (Wildman–Crippen MR) is 73.1 cm³/mol. The molecule has 0 spiro atoms. The van der Waals surface area contributed by atoms with Gasteiger partial charge in [0, 0.05) is 4.88 Å². The van der Waals surface area contributed by atoms with Crippen LogP contribution < -0.4 is 5.32 Å². The van der Waals surface area contributed by atoms with Crippen LogP contribution in [0, 0.1) is 6.92 Å². The molecule has 2 N–H and O–H groups in total. The number of likely N-dealkylation sites (tertiary alicyclic amines) is 1. The average Bonchev–Trinajstić information content (AvgIpc) is 2.95. The number of carboxylic acids is 1. The molecule has 0 aromatic carbocycles. The largest absolute Gasteiger partial charge is 0.480 e. The van der Waals surface area contributed by atoms with E-state index in [0.29, 0.717) is 19.5 Å². The zero-order valence-electron chi connectivity index (χ0n) is 10.9. The van der Waals surface area contributed by atoms with Gasteiger partial charge in [0.1, 0.15) is 6.04 Å². The number of carboxylic acid groups (broad SMARTS) is 1. The highest BCUT2D eigenvalue weighted by Crippen LogP contribution is 2.17. The number of amides is 1. The van der Waals surface area contributed by atoms with E-state index < -0.39 is 12.0 Å². The van der Waals surface area contributed by atoms with E-state index in [1.54, 1.807) is 16.2 Å². The summed E-state index contributed by atoms with van der Waals surface area (Å²) in [6.45, 7) is 3.39. The molecule has 2 rings (SSSR count). The van der Waals surface area contributed by atoms with E-state index >= 15 is 0 Å². The van der Waals surface area contributed by atoms with Crippen LogP contribution in [0.2, 0.25) is 0 Å². The van der Waals surface area contributed by atoms with Gasteiger partial charge < -0.3 is 10.4 Å². The van der Waals surface area contributed by atoms with Crippen LogP contribution in [-0.2, 0) is 16.1 Å². The Balaban J connectivity index is 1.81. The lowest BCUT2D eigenvalue weighted by molar-refractivity contribution is -0.142. The maximum atomic E-state index is 11.8. The number of nitrogens with one attached hydrogen (secondary N) is 1. The minimum Gasteiger partial charge on any atom is -0.480 e. The Morgan fingerprint density at radius 1 is 1.58 bits per heavy atom. The van der Waals surface area contributed by atoms with Crippen molar-refractivity contribution in [3.05, 3.63) is 21.9 Å². The minimum atomic E-state index is -0.834. The first-order valence-corrected chi connectivity index (χ1v) is 7.22. The molecule has 1 aromatic rings. The van der Waals surface area contributed by atoms with Crippen molar-refractivity contribution < 1.29 is 14.7 Å². The summed E-state index contributed by atoms with van der Waals surface area (Å²) in [7, 11) is 0. The summed E-state index contributed by atoms with van der Waals surface area (Å²) in [4.78, 5) is 25.7. The lowest BCUT2D eigenvalue weighted by Crippen LogP contribution is -2.42. The Hall–Kier alpha value is -1.40. The standard InChI is InChI=1S/C13H18N2O3S/c1-9-4-6-19-11(9)7-14-12(16)8-15-5-2-3-10(15)13(17)18/h4,6,10H,2-3,5,7-8H2,1H3,(H,14,16)(H,17,18)/t10-/m1/s1. The van der Waals surface area contributed by atoms with Gasteiger partial charge in [-0.05, 0) is 43.3 Å². The van der Waals surface area contributed by atoms with E-state index in [1.165, 1.54) is 5.56 Å². The fraction of sp³-hybridized carbons (Fsp3) is 0.538. The number of rotatable bonds is 5. The molecule has 1 fully saturated rings. The smallest absolute Gasteiger partial charge is 0.320 e. The third kappa shape index (κ3) is 3.54. The summed E-state index contributed by atoms with van der Waals surface area (Å²) in [6, 6.07) is 1.52. The number of aryl methyl sites for hydroxylation is 1. The molecule has 1 aromatic heterocycles. The van der Waals surface area contributed by atoms with Crippen molar-refractivity contribution in [2.24, 2.45) is 0 Å². The highest BCUT2D eigenvalue weighted by atomic mass is 32.1. The van der Waals surface area contributed by atoms with Gasteiger partial charge in [0.05, 0.1) is 13.1 Å². The topological polar surface area (TPSA) is 69.6 Å². The molecule has 1 saturated heterocycles. The van der Waals surface area contributed by atoms with Crippen LogP contribution in [0.4, 0.5) is 0 Å². The first-order chi connectivity index (χ1) is 9.08. The van der Waals surface area contributed by atoms with Gasteiger partial charge in [0.25, 0.3) is 0 Å². The second kappa shape index (κ2) is 6.16. The monoisotopic (exact) mass is 282 g/mol.